The van der Waals surface area contributed by atoms with Gasteiger partial charge in [0, 0.05) is 12.6 Å². The van der Waals surface area contributed by atoms with Crippen LogP contribution >= 0.6 is 0 Å². The zero-order valence-corrected chi connectivity index (χ0v) is 9.50. The lowest BCUT2D eigenvalue weighted by atomic mass is 9.97. The molecular formula is C11H24N2O. The lowest BCUT2D eigenvalue weighted by molar-refractivity contribution is 0.208. The minimum Gasteiger partial charge on any atom is -0.396 e. The van der Waals surface area contributed by atoms with Crippen LogP contribution in [0.2, 0.25) is 0 Å². The van der Waals surface area contributed by atoms with E-state index >= 15 is 0 Å². The predicted molar refractivity (Wildman–Crippen MR) is 59.4 cm³/mol. The number of nitrogens with one attached hydrogen (secondary N) is 1. The number of rotatable bonds is 5. The number of hydrogen-bond acceptors (Lipinski definition) is 3. The average Bonchev–Trinajstić information content (AvgIpc) is 2.17. The molecule has 3 nitrogen and oxygen atoms in total. The molecule has 0 saturated carbocycles. The molecule has 2 N–H and O–H groups in total. The monoisotopic (exact) mass is 200 g/mol. The van der Waals surface area contributed by atoms with Crippen LogP contribution in [0.4, 0.5) is 0 Å². The van der Waals surface area contributed by atoms with Gasteiger partial charge in [-0.25, -0.2) is 0 Å². The van der Waals surface area contributed by atoms with Crippen LogP contribution in [-0.2, 0) is 0 Å². The van der Waals surface area contributed by atoms with Crippen LogP contribution in [0.1, 0.15) is 26.2 Å². The number of likely N-dealkylation sites (tertiary alicyclic amines) is 1. The fourth-order valence-corrected chi connectivity index (χ4v) is 1.93. The highest BCUT2D eigenvalue weighted by Gasteiger charge is 2.16. The fraction of sp³-hybridized carbons (Fsp3) is 1.00. The zero-order chi connectivity index (χ0) is 10.4. The fourth-order valence-electron chi connectivity index (χ4n) is 1.93. The van der Waals surface area contributed by atoms with Gasteiger partial charge in [-0.1, -0.05) is 0 Å². The van der Waals surface area contributed by atoms with E-state index in [4.69, 9.17) is 5.11 Å². The van der Waals surface area contributed by atoms with Crippen LogP contribution in [0.15, 0.2) is 0 Å². The van der Waals surface area contributed by atoms with E-state index in [9.17, 15) is 0 Å². The number of aliphatic hydroxyl groups excluding tert-OH is 1. The Labute approximate surface area is 87.5 Å². The summed E-state index contributed by atoms with van der Waals surface area (Å²) in [6, 6.07) is 0.458. The van der Waals surface area contributed by atoms with Crippen LogP contribution in [-0.4, -0.2) is 49.3 Å². The molecule has 0 amide bonds. The lowest BCUT2D eigenvalue weighted by Crippen LogP contribution is -2.37. The van der Waals surface area contributed by atoms with Gasteiger partial charge in [-0.3, -0.25) is 0 Å². The van der Waals surface area contributed by atoms with Gasteiger partial charge >= 0.3 is 0 Å². The smallest absolute Gasteiger partial charge is 0.0445 e. The largest absolute Gasteiger partial charge is 0.396 e. The summed E-state index contributed by atoms with van der Waals surface area (Å²) < 4.78 is 0. The van der Waals surface area contributed by atoms with Crippen molar-refractivity contribution >= 4 is 0 Å². The number of hydrogen-bond donors (Lipinski definition) is 2. The van der Waals surface area contributed by atoms with Crippen LogP contribution < -0.4 is 5.32 Å². The third-order valence-corrected chi connectivity index (χ3v) is 3.16. The highest BCUT2D eigenvalue weighted by Crippen LogP contribution is 2.14. The van der Waals surface area contributed by atoms with E-state index in [2.05, 4.69) is 24.2 Å². The molecule has 0 radical (unpaired) electrons. The van der Waals surface area contributed by atoms with Crippen LogP contribution in [0.5, 0.6) is 0 Å². The Morgan fingerprint density at radius 1 is 1.43 bits per heavy atom. The van der Waals surface area contributed by atoms with Crippen molar-refractivity contribution in [1.82, 2.24) is 10.2 Å². The second-order valence-corrected chi connectivity index (χ2v) is 4.57. The van der Waals surface area contributed by atoms with Crippen molar-refractivity contribution in [1.29, 1.82) is 0 Å². The van der Waals surface area contributed by atoms with Gasteiger partial charge in [-0.2, -0.15) is 0 Å². The first kappa shape index (κ1) is 12.0. The molecule has 0 aromatic carbocycles. The number of nitrogens with zero attached hydrogens (tertiary/aromatic N) is 1. The highest BCUT2D eigenvalue weighted by atomic mass is 16.3. The summed E-state index contributed by atoms with van der Waals surface area (Å²) >= 11 is 0. The summed E-state index contributed by atoms with van der Waals surface area (Å²) in [5.41, 5.74) is 0. The van der Waals surface area contributed by atoms with Crippen molar-refractivity contribution in [3.05, 3.63) is 0 Å². The van der Waals surface area contributed by atoms with Gasteiger partial charge < -0.3 is 15.3 Å². The summed E-state index contributed by atoms with van der Waals surface area (Å²) in [4.78, 5) is 2.40. The van der Waals surface area contributed by atoms with Crippen molar-refractivity contribution in [3.63, 3.8) is 0 Å². The molecule has 1 rings (SSSR count). The summed E-state index contributed by atoms with van der Waals surface area (Å²) in [7, 11) is 2.19. The molecule has 0 aliphatic carbocycles. The molecule has 1 atom stereocenters. The Bertz CT molecular complexity index is 144. The van der Waals surface area contributed by atoms with E-state index in [0.29, 0.717) is 12.6 Å². The first-order valence-corrected chi connectivity index (χ1v) is 5.75. The van der Waals surface area contributed by atoms with Crippen molar-refractivity contribution in [2.45, 2.75) is 32.2 Å². The molecule has 0 bridgehead atoms. The molecule has 1 saturated heterocycles. The molecule has 14 heavy (non-hydrogen) atoms. The SMILES string of the molecule is CC(CCO)NCC1CCN(C)CC1. The van der Waals surface area contributed by atoms with E-state index in [-0.39, 0.29) is 0 Å². The predicted octanol–water partition coefficient (Wildman–Crippen LogP) is 0.689. The molecule has 1 heterocycles. The molecule has 1 fully saturated rings. The molecule has 1 aliphatic rings. The Hall–Kier alpha value is -0.120. The summed E-state index contributed by atoms with van der Waals surface area (Å²) in [5, 5.41) is 12.3. The van der Waals surface area contributed by atoms with Crippen LogP contribution in [0.25, 0.3) is 0 Å². The third kappa shape index (κ3) is 4.40. The summed E-state index contributed by atoms with van der Waals surface area (Å²) in [6.07, 6.45) is 3.50. The zero-order valence-electron chi connectivity index (χ0n) is 9.50. The van der Waals surface area contributed by atoms with E-state index in [1.54, 1.807) is 0 Å². The standard InChI is InChI=1S/C11H24N2O/c1-10(5-8-14)12-9-11-3-6-13(2)7-4-11/h10-12,14H,3-9H2,1-2H3. The van der Waals surface area contributed by atoms with Crippen LogP contribution in [0.3, 0.4) is 0 Å². The summed E-state index contributed by atoms with van der Waals surface area (Å²) in [5.74, 6) is 0.840. The van der Waals surface area contributed by atoms with Gasteiger partial charge in [0.1, 0.15) is 0 Å². The van der Waals surface area contributed by atoms with Crippen LogP contribution in [0, 0.1) is 5.92 Å². The average molecular weight is 200 g/mol. The van der Waals surface area contributed by atoms with Crippen molar-refractivity contribution in [2.75, 3.05) is 33.3 Å². The van der Waals surface area contributed by atoms with Gasteiger partial charge in [0.2, 0.25) is 0 Å². The Morgan fingerprint density at radius 2 is 2.07 bits per heavy atom. The van der Waals surface area contributed by atoms with E-state index in [1.807, 2.05) is 0 Å². The van der Waals surface area contributed by atoms with E-state index < -0.39 is 0 Å². The van der Waals surface area contributed by atoms with Gasteiger partial charge in [-0.15, -0.1) is 0 Å². The number of piperidine rings is 1. The van der Waals surface area contributed by atoms with Crippen molar-refractivity contribution in [3.8, 4) is 0 Å². The molecule has 1 aliphatic heterocycles. The first-order valence-electron chi connectivity index (χ1n) is 5.75. The highest BCUT2D eigenvalue weighted by molar-refractivity contribution is 4.73. The van der Waals surface area contributed by atoms with Crippen molar-refractivity contribution in [2.24, 2.45) is 5.92 Å². The third-order valence-electron chi connectivity index (χ3n) is 3.16. The quantitative estimate of drug-likeness (QED) is 0.685. The molecular weight excluding hydrogens is 176 g/mol. The summed E-state index contributed by atoms with van der Waals surface area (Å²) in [6.45, 7) is 6.03. The van der Waals surface area contributed by atoms with E-state index in [1.165, 1.54) is 25.9 Å². The maximum atomic E-state index is 8.76. The molecule has 1 unspecified atom stereocenters. The Morgan fingerprint density at radius 3 is 2.64 bits per heavy atom. The molecule has 3 heteroatoms. The Balaban J connectivity index is 2.06. The van der Waals surface area contributed by atoms with Gasteiger partial charge in [0.05, 0.1) is 0 Å². The van der Waals surface area contributed by atoms with E-state index in [0.717, 1.165) is 18.9 Å². The maximum absolute atomic E-state index is 8.76. The van der Waals surface area contributed by atoms with Gasteiger partial charge in [0.15, 0.2) is 0 Å². The second kappa shape index (κ2) is 6.38. The van der Waals surface area contributed by atoms with Gasteiger partial charge in [0.25, 0.3) is 0 Å². The second-order valence-electron chi connectivity index (χ2n) is 4.57. The first-order chi connectivity index (χ1) is 6.72. The van der Waals surface area contributed by atoms with Crippen molar-refractivity contribution < 1.29 is 5.11 Å². The number of aliphatic hydroxyl groups is 1. The molecule has 0 aromatic heterocycles. The normalized spacial score (nSPS) is 22.5. The lowest BCUT2D eigenvalue weighted by Gasteiger charge is -2.29. The molecule has 0 spiro atoms. The molecule has 0 aromatic rings. The molecule has 84 valence electrons. The van der Waals surface area contributed by atoms with Gasteiger partial charge in [-0.05, 0) is 58.8 Å². The topological polar surface area (TPSA) is 35.5 Å². The minimum atomic E-state index is 0.293. The maximum Gasteiger partial charge on any atom is 0.0445 e. The Kier molecular flexibility index (Phi) is 5.45. The minimum absolute atomic E-state index is 0.293.